The number of carbonyl (C=O) groups excluding carboxylic acids is 1. The first-order valence-corrected chi connectivity index (χ1v) is 7.18. The normalized spacial score (nSPS) is 10.2. The number of aromatic nitrogens is 3. The van der Waals surface area contributed by atoms with Crippen LogP contribution in [0.3, 0.4) is 0 Å². The summed E-state index contributed by atoms with van der Waals surface area (Å²) in [5, 5.41) is 15.3. The Labute approximate surface area is 144 Å². The first-order chi connectivity index (χ1) is 11.1. The van der Waals surface area contributed by atoms with Crippen molar-refractivity contribution < 1.29 is 4.79 Å². The number of halogens is 1. The fraction of sp³-hybridized carbons (Fsp3) is 0.125. The lowest BCUT2D eigenvalue weighted by Gasteiger charge is -2.22. The largest absolute Gasteiger partial charge is 0.369 e. The molecule has 0 aliphatic heterocycles. The second kappa shape index (κ2) is 7.10. The molecule has 0 aliphatic carbocycles. The van der Waals surface area contributed by atoms with Crippen LogP contribution in [0.5, 0.6) is 0 Å². The number of nitrogens with two attached hydrogens (primary N) is 1. The number of amides is 1. The summed E-state index contributed by atoms with van der Waals surface area (Å²) in [6, 6.07) is 9.00. The highest BCUT2D eigenvalue weighted by Gasteiger charge is 2.25. The van der Waals surface area contributed by atoms with E-state index in [-0.39, 0.29) is 24.3 Å². The molecular formula is C16H17ClN6O. The highest BCUT2D eigenvalue weighted by Crippen LogP contribution is 2.27. The number of guanidine groups is 1. The third-order valence-electron chi connectivity index (χ3n) is 3.61. The Bertz CT molecular complexity index is 886. The van der Waals surface area contributed by atoms with Gasteiger partial charge < -0.3 is 5.73 Å². The Hall–Kier alpha value is -2.93. The Morgan fingerprint density at radius 1 is 1.33 bits per heavy atom. The number of aryl methyl sites for hydroxylation is 1. The molecule has 4 N–H and O–H groups in total. The maximum absolute atomic E-state index is 12.9. The average Bonchev–Trinajstić information content (AvgIpc) is 3.03. The number of anilines is 1. The number of nitrogens with one attached hydrogen (secondary N) is 2. The summed E-state index contributed by atoms with van der Waals surface area (Å²) < 4.78 is 0. The van der Waals surface area contributed by atoms with Gasteiger partial charge in [0.25, 0.3) is 5.91 Å². The minimum atomic E-state index is -0.389. The van der Waals surface area contributed by atoms with Crippen molar-refractivity contribution in [1.82, 2.24) is 15.2 Å². The molecule has 0 spiro atoms. The van der Waals surface area contributed by atoms with Gasteiger partial charge in [-0.25, -0.2) is 4.90 Å². The van der Waals surface area contributed by atoms with Gasteiger partial charge in [-0.15, -0.1) is 12.4 Å². The average molecular weight is 345 g/mol. The number of nitrogens with zero attached hydrogens (tertiary/aromatic N) is 3. The van der Waals surface area contributed by atoms with E-state index >= 15 is 0 Å². The topological polar surface area (TPSA) is 112 Å². The fourth-order valence-electron chi connectivity index (χ4n) is 2.52. The van der Waals surface area contributed by atoms with Crippen LogP contribution in [-0.4, -0.2) is 27.0 Å². The van der Waals surface area contributed by atoms with Crippen LogP contribution in [0.25, 0.3) is 10.9 Å². The molecule has 0 bridgehead atoms. The summed E-state index contributed by atoms with van der Waals surface area (Å²) in [4.78, 5) is 18.3. The van der Waals surface area contributed by atoms with Gasteiger partial charge in [0.2, 0.25) is 0 Å². The van der Waals surface area contributed by atoms with Crippen molar-refractivity contribution in [3.63, 3.8) is 0 Å². The quantitative estimate of drug-likeness (QED) is 0.500. The third-order valence-corrected chi connectivity index (χ3v) is 3.61. The van der Waals surface area contributed by atoms with E-state index in [0.717, 1.165) is 10.9 Å². The van der Waals surface area contributed by atoms with Gasteiger partial charge in [-0.05, 0) is 30.7 Å². The molecule has 3 rings (SSSR count). The molecule has 1 amide bonds. The molecule has 0 saturated heterocycles. The van der Waals surface area contributed by atoms with Crippen LogP contribution < -0.4 is 10.6 Å². The van der Waals surface area contributed by atoms with Gasteiger partial charge in [-0.3, -0.25) is 20.3 Å². The van der Waals surface area contributed by atoms with E-state index in [9.17, 15) is 4.79 Å². The first kappa shape index (κ1) is 17.4. The van der Waals surface area contributed by atoms with Gasteiger partial charge in [-0.2, -0.15) is 5.10 Å². The van der Waals surface area contributed by atoms with Crippen LogP contribution in [0.1, 0.15) is 23.0 Å². The minimum absolute atomic E-state index is 0. The van der Waals surface area contributed by atoms with Crippen molar-refractivity contribution in [2.24, 2.45) is 5.73 Å². The van der Waals surface area contributed by atoms with E-state index in [1.54, 1.807) is 24.4 Å². The molecule has 2 aromatic heterocycles. The van der Waals surface area contributed by atoms with Crippen LogP contribution in [-0.2, 0) is 6.42 Å². The summed E-state index contributed by atoms with van der Waals surface area (Å²) in [5.74, 6) is -0.742. The van der Waals surface area contributed by atoms with Crippen LogP contribution in [0.2, 0.25) is 0 Å². The maximum atomic E-state index is 12.9. The number of H-pyrrole nitrogens is 1. The van der Waals surface area contributed by atoms with Crippen molar-refractivity contribution >= 4 is 40.9 Å². The summed E-state index contributed by atoms with van der Waals surface area (Å²) in [6.45, 7) is 1.92. The number of hydrogen-bond acceptors (Lipinski definition) is 4. The van der Waals surface area contributed by atoms with Gasteiger partial charge in [-0.1, -0.05) is 13.0 Å². The molecule has 24 heavy (non-hydrogen) atoms. The van der Waals surface area contributed by atoms with Crippen molar-refractivity contribution in [3.8, 4) is 0 Å². The molecular weight excluding hydrogens is 328 g/mol. The lowest BCUT2D eigenvalue weighted by Crippen LogP contribution is -2.41. The van der Waals surface area contributed by atoms with Gasteiger partial charge in [0.05, 0.1) is 23.0 Å². The third kappa shape index (κ3) is 2.93. The number of benzene rings is 1. The van der Waals surface area contributed by atoms with E-state index < -0.39 is 0 Å². The summed E-state index contributed by atoms with van der Waals surface area (Å²) in [5.41, 5.74) is 8.06. The summed E-state index contributed by atoms with van der Waals surface area (Å²) >= 11 is 0. The molecule has 2 heterocycles. The van der Waals surface area contributed by atoms with E-state index in [1.807, 2.05) is 19.1 Å². The molecule has 0 radical (unpaired) electrons. The van der Waals surface area contributed by atoms with Crippen molar-refractivity contribution in [3.05, 3.63) is 54.0 Å². The Morgan fingerprint density at radius 3 is 2.83 bits per heavy atom. The van der Waals surface area contributed by atoms with E-state index in [0.29, 0.717) is 23.4 Å². The second-order valence-corrected chi connectivity index (χ2v) is 4.99. The lowest BCUT2D eigenvalue weighted by atomic mass is 10.1. The molecule has 0 atom stereocenters. The smallest absolute Gasteiger partial charge is 0.268 e. The Kier molecular flexibility index (Phi) is 5.15. The van der Waals surface area contributed by atoms with Crippen LogP contribution in [0.4, 0.5) is 5.69 Å². The van der Waals surface area contributed by atoms with Gasteiger partial charge in [0.15, 0.2) is 5.96 Å². The van der Waals surface area contributed by atoms with Gasteiger partial charge in [0, 0.05) is 17.3 Å². The fourth-order valence-corrected chi connectivity index (χ4v) is 2.52. The van der Waals surface area contributed by atoms with E-state index in [1.165, 1.54) is 11.1 Å². The van der Waals surface area contributed by atoms with Crippen LogP contribution in [0, 0.1) is 5.41 Å². The van der Waals surface area contributed by atoms with E-state index in [4.69, 9.17) is 11.1 Å². The number of hydrogen-bond donors (Lipinski definition) is 3. The predicted molar refractivity (Wildman–Crippen MR) is 95.7 cm³/mol. The Balaban J connectivity index is 0.00000208. The monoisotopic (exact) mass is 344 g/mol. The van der Waals surface area contributed by atoms with Crippen molar-refractivity contribution in [2.45, 2.75) is 13.3 Å². The maximum Gasteiger partial charge on any atom is 0.268 e. The highest BCUT2D eigenvalue weighted by molar-refractivity contribution is 6.23. The number of pyridine rings is 1. The predicted octanol–water partition coefficient (Wildman–Crippen LogP) is 2.48. The molecule has 0 saturated carbocycles. The molecule has 1 aromatic carbocycles. The Morgan fingerprint density at radius 2 is 2.12 bits per heavy atom. The summed E-state index contributed by atoms with van der Waals surface area (Å²) in [6.07, 6.45) is 3.77. The first-order valence-electron chi connectivity index (χ1n) is 7.18. The van der Waals surface area contributed by atoms with Gasteiger partial charge >= 0.3 is 0 Å². The molecule has 7 nitrogen and oxygen atoms in total. The molecule has 0 fully saturated rings. The van der Waals surface area contributed by atoms with Crippen molar-refractivity contribution in [1.29, 1.82) is 5.41 Å². The molecule has 3 aromatic rings. The van der Waals surface area contributed by atoms with Crippen LogP contribution >= 0.6 is 12.4 Å². The SMILES string of the molecule is CCc1[nH]ncc1C(=O)N(C(=N)N)c1cccc2ncccc12.Cl. The zero-order valence-electron chi connectivity index (χ0n) is 13.0. The number of aromatic amines is 1. The number of rotatable bonds is 3. The second-order valence-electron chi connectivity index (χ2n) is 4.99. The lowest BCUT2D eigenvalue weighted by molar-refractivity contribution is 0.100. The van der Waals surface area contributed by atoms with Crippen LogP contribution in [0.15, 0.2) is 42.7 Å². The number of carbonyl (C=O) groups is 1. The standard InChI is InChI=1S/C16H16N6O.ClH/c1-2-12-11(9-20-21-12)15(23)22(16(17)18)14-7-3-6-13-10(14)5-4-8-19-13;/h3-9H,2H2,1H3,(H3,17,18)(H,20,21);1H. The number of fused-ring (bicyclic) bond motifs is 1. The molecule has 0 aliphatic rings. The van der Waals surface area contributed by atoms with Gasteiger partial charge in [0.1, 0.15) is 0 Å². The van der Waals surface area contributed by atoms with E-state index in [2.05, 4.69) is 15.2 Å². The zero-order valence-corrected chi connectivity index (χ0v) is 13.8. The highest BCUT2D eigenvalue weighted by atomic mass is 35.5. The minimum Gasteiger partial charge on any atom is -0.369 e. The van der Waals surface area contributed by atoms with Crippen molar-refractivity contribution in [2.75, 3.05) is 4.90 Å². The summed E-state index contributed by atoms with van der Waals surface area (Å²) in [7, 11) is 0. The molecule has 8 heteroatoms. The zero-order chi connectivity index (χ0) is 16.4. The molecule has 124 valence electrons. The molecule has 0 unspecified atom stereocenters.